The highest BCUT2D eigenvalue weighted by molar-refractivity contribution is 5.76. The molecule has 0 saturated carbocycles. The molecular weight excluding hydrogens is 300 g/mol. The Labute approximate surface area is 143 Å². The minimum atomic E-state index is 0.0110. The smallest absolute Gasteiger partial charge is 0.222 e. The van der Waals surface area contributed by atoms with Crippen molar-refractivity contribution in [1.82, 2.24) is 4.90 Å². The van der Waals surface area contributed by atoms with Crippen LogP contribution in [0, 0.1) is 0 Å². The van der Waals surface area contributed by atoms with Crippen LogP contribution in [-0.2, 0) is 4.79 Å². The van der Waals surface area contributed by atoms with E-state index in [9.17, 15) is 4.79 Å². The van der Waals surface area contributed by atoms with Crippen molar-refractivity contribution in [2.75, 3.05) is 19.7 Å². The van der Waals surface area contributed by atoms with Crippen LogP contribution in [0.3, 0.4) is 0 Å². The number of carbonyl (C=O) groups excluding carboxylic acids is 1. The Morgan fingerprint density at radius 2 is 1.71 bits per heavy atom. The average molecular weight is 324 g/mol. The summed E-state index contributed by atoms with van der Waals surface area (Å²) in [6, 6.07) is 19.9. The number of carbonyl (C=O) groups is 1. The SMILES string of the molecule is N[C@@H]1CN(C(=O)CCCOc2ccccc2)C[C@H]1c1ccccc1. The molecule has 1 aliphatic heterocycles. The van der Waals surface area contributed by atoms with Crippen LogP contribution in [0.4, 0.5) is 0 Å². The van der Waals surface area contributed by atoms with Gasteiger partial charge in [-0.25, -0.2) is 0 Å². The Morgan fingerprint density at radius 3 is 2.42 bits per heavy atom. The van der Waals surface area contributed by atoms with Gasteiger partial charge >= 0.3 is 0 Å². The van der Waals surface area contributed by atoms with Crippen LogP contribution in [0.25, 0.3) is 0 Å². The standard InChI is InChI=1S/C20H24N2O2/c21-19-15-22(14-18(19)16-8-3-1-4-9-16)20(23)12-7-13-24-17-10-5-2-6-11-17/h1-6,8-11,18-19H,7,12-15,21H2/t18-,19+/m0/s1. The van der Waals surface area contributed by atoms with Gasteiger partial charge in [-0.05, 0) is 24.1 Å². The summed E-state index contributed by atoms with van der Waals surface area (Å²) < 4.78 is 5.64. The van der Waals surface area contributed by atoms with Crippen LogP contribution >= 0.6 is 0 Å². The lowest BCUT2D eigenvalue weighted by Gasteiger charge is -2.16. The summed E-state index contributed by atoms with van der Waals surface area (Å²) >= 11 is 0. The average Bonchev–Trinajstić information content (AvgIpc) is 3.02. The molecule has 1 saturated heterocycles. The number of amides is 1. The highest BCUT2D eigenvalue weighted by Crippen LogP contribution is 2.26. The van der Waals surface area contributed by atoms with Crippen LogP contribution in [0.1, 0.15) is 24.3 Å². The number of hydrogen-bond acceptors (Lipinski definition) is 3. The molecule has 126 valence electrons. The summed E-state index contributed by atoms with van der Waals surface area (Å²) in [5.74, 6) is 1.24. The predicted octanol–water partition coefficient (Wildman–Crippen LogP) is 2.80. The molecule has 1 amide bonds. The maximum atomic E-state index is 12.4. The summed E-state index contributed by atoms with van der Waals surface area (Å²) in [4.78, 5) is 14.3. The largest absolute Gasteiger partial charge is 0.494 e. The van der Waals surface area contributed by atoms with E-state index in [1.54, 1.807) is 0 Å². The highest BCUT2D eigenvalue weighted by Gasteiger charge is 2.33. The summed E-state index contributed by atoms with van der Waals surface area (Å²) in [5, 5.41) is 0. The zero-order chi connectivity index (χ0) is 16.8. The van der Waals surface area contributed by atoms with Crippen LogP contribution in [-0.4, -0.2) is 36.5 Å². The number of nitrogens with two attached hydrogens (primary N) is 1. The van der Waals surface area contributed by atoms with Crippen LogP contribution < -0.4 is 10.5 Å². The first-order chi connectivity index (χ1) is 11.7. The molecular formula is C20H24N2O2. The van der Waals surface area contributed by atoms with Crippen LogP contribution in [0.5, 0.6) is 5.75 Å². The lowest BCUT2D eigenvalue weighted by atomic mass is 9.95. The maximum absolute atomic E-state index is 12.4. The monoisotopic (exact) mass is 324 g/mol. The zero-order valence-corrected chi connectivity index (χ0v) is 13.8. The second-order valence-electron chi connectivity index (χ2n) is 6.24. The van der Waals surface area contributed by atoms with Gasteiger partial charge in [-0.2, -0.15) is 0 Å². The second-order valence-corrected chi connectivity index (χ2v) is 6.24. The van der Waals surface area contributed by atoms with Crippen LogP contribution in [0.2, 0.25) is 0 Å². The Hall–Kier alpha value is -2.33. The minimum absolute atomic E-state index is 0.0110. The number of hydrogen-bond donors (Lipinski definition) is 1. The number of likely N-dealkylation sites (tertiary alicyclic amines) is 1. The molecule has 0 spiro atoms. The molecule has 2 atom stereocenters. The molecule has 1 fully saturated rings. The normalized spacial score (nSPS) is 20.1. The van der Waals surface area contributed by atoms with E-state index in [0.29, 0.717) is 26.1 Å². The Morgan fingerprint density at radius 1 is 1.04 bits per heavy atom. The third kappa shape index (κ3) is 4.15. The summed E-state index contributed by atoms with van der Waals surface area (Å²) in [6.45, 7) is 1.90. The van der Waals surface area contributed by atoms with Gasteiger partial charge in [0.05, 0.1) is 6.61 Å². The van der Waals surface area contributed by atoms with E-state index in [4.69, 9.17) is 10.5 Å². The molecule has 0 bridgehead atoms. The molecule has 4 heteroatoms. The van der Waals surface area contributed by atoms with Crippen molar-refractivity contribution in [3.63, 3.8) is 0 Å². The third-order valence-electron chi connectivity index (χ3n) is 4.49. The van der Waals surface area contributed by atoms with Crippen molar-refractivity contribution >= 4 is 5.91 Å². The number of para-hydroxylation sites is 1. The fraction of sp³-hybridized carbons (Fsp3) is 0.350. The molecule has 4 nitrogen and oxygen atoms in total. The Kier molecular flexibility index (Phi) is 5.49. The topological polar surface area (TPSA) is 55.6 Å². The van der Waals surface area contributed by atoms with Gasteiger partial charge in [0.25, 0.3) is 0 Å². The number of rotatable bonds is 6. The molecule has 1 heterocycles. The summed E-state index contributed by atoms with van der Waals surface area (Å²) in [5.41, 5.74) is 7.47. The first-order valence-corrected chi connectivity index (χ1v) is 8.50. The molecule has 24 heavy (non-hydrogen) atoms. The minimum Gasteiger partial charge on any atom is -0.494 e. The van der Waals surface area contributed by atoms with Crippen molar-refractivity contribution in [3.8, 4) is 5.75 Å². The van der Waals surface area contributed by atoms with E-state index in [2.05, 4.69) is 12.1 Å². The fourth-order valence-electron chi connectivity index (χ4n) is 3.17. The van der Waals surface area contributed by atoms with Gasteiger partial charge in [-0.15, -0.1) is 0 Å². The number of benzene rings is 2. The quantitative estimate of drug-likeness (QED) is 0.831. The number of nitrogens with zero attached hydrogens (tertiary/aromatic N) is 1. The zero-order valence-electron chi connectivity index (χ0n) is 13.8. The highest BCUT2D eigenvalue weighted by atomic mass is 16.5. The lowest BCUT2D eigenvalue weighted by Crippen LogP contribution is -2.32. The fourth-order valence-corrected chi connectivity index (χ4v) is 3.17. The molecule has 2 aromatic rings. The molecule has 0 unspecified atom stereocenters. The molecule has 0 aliphatic carbocycles. The van der Waals surface area contributed by atoms with E-state index >= 15 is 0 Å². The van der Waals surface area contributed by atoms with Gasteiger partial charge in [0.15, 0.2) is 0 Å². The van der Waals surface area contributed by atoms with E-state index in [-0.39, 0.29) is 17.9 Å². The van der Waals surface area contributed by atoms with Crippen molar-refractivity contribution in [2.45, 2.75) is 24.8 Å². The van der Waals surface area contributed by atoms with E-state index in [1.807, 2.05) is 53.4 Å². The van der Waals surface area contributed by atoms with E-state index in [0.717, 1.165) is 12.2 Å². The predicted molar refractivity (Wildman–Crippen MR) is 94.9 cm³/mol. The summed E-state index contributed by atoms with van der Waals surface area (Å²) in [6.07, 6.45) is 1.22. The van der Waals surface area contributed by atoms with Gasteiger partial charge in [0.2, 0.25) is 5.91 Å². The van der Waals surface area contributed by atoms with Crippen molar-refractivity contribution < 1.29 is 9.53 Å². The first kappa shape index (κ1) is 16.5. The Bertz CT molecular complexity index is 645. The van der Waals surface area contributed by atoms with E-state index in [1.165, 1.54) is 5.56 Å². The molecule has 1 aliphatic rings. The Balaban J connectivity index is 1.44. The molecule has 2 aromatic carbocycles. The first-order valence-electron chi connectivity index (χ1n) is 8.50. The molecule has 0 aromatic heterocycles. The van der Waals surface area contributed by atoms with Crippen LogP contribution in [0.15, 0.2) is 60.7 Å². The van der Waals surface area contributed by atoms with Gasteiger partial charge in [-0.3, -0.25) is 4.79 Å². The molecule has 3 rings (SSSR count). The van der Waals surface area contributed by atoms with E-state index < -0.39 is 0 Å². The molecule has 2 N–H and O–H groups in total. The van der Waals surface area contributed by atoms with Gasteiger partial charge in [0.1, 0.15) is 5.75 Å². The number of ether oxygens (including phenoxy) is 1. The van der Waals surface area contributed by atoms with Gasteiger partial charge in [-0.1, -0.05) is 48.5 Å². The van der Waals surface area contributed by atoms with Crippen molar-refractivity contribution in [1.29, 1.82) is 0 Å². The summed E-state index contributed by atoms with van der Waals surface area (Å²) in [7, 11) is 0. The molecule has 0 radical (unpaired) electrons. The second kappa shape index (κ2) is 7.97. The van der Waals surface area contributed by atoms with Gasteiger partial charge < -0.3 is 15.4 Å². The van der Waals surface area contributed by atoms with Gasteiger partial charge in [0, 0.05) is 31.5 Å². The third-order valence-corrected chi connectivity index (χ3v) is 4.49. The maximum Gasteiger partial charge on any atom is 0.222 e. The van der Waals surface area contributed by atoms with Crippen molar-refractivity contribution in [3.05, 3.63) is 66.2 Å². The van der Waals surface area contributed by atoms with Crippen molar-refractivity contribution in [2.24, 2.45) is 5.73 Å². The lowest BCUT2D eigenvalue weighted by molar-refractivity contribution is -0.130.